The molecule has 2 amide bonds. The number of aromatic nitrogens is 1. The van der Waals surface area contributed by atoms with Gasteiger partial charge in [0.25, 0.3) is 5.91 Å². The number of carbonyl (C=O) groups excluding carboxylic acids is 2. The maximum atomic E-state index is 13.9. The van der Waals surface area contributed by atoms with Gasteiger partial charge >= 0.3 is 0 Å². The maximum Gasteiger partial charge on any atom is 0.252 e. The van der Waals surface area contributed by atoms with Crippen LogP contribution in [0.5, 0.6) is 5.75 Å². The molecule has 4 N–H and O–H groups in total. The molecule has 4 atom stereocenters. The number of piperazine rings is 1. The fourth-order valence-corrected chi connectivity index (χ4v) is 7.27. The van der Waals surface area contributed by atoms with Gasteiger partial charge in [-0.15, -0.1) is 0 Å². The maximum absolute atomic E-state index is 13.9. The van der Waals surface area contributed by atoms with E-state index in [0.29, 0.717) is 31.4 Å². The van der Waals surface area contributed by atoms with E-state index < -0.39 is 22.6 Å². The quantitative estimate of drug-likeness (QED) is 0.529. The van der Waals surface area contributed by atoms with E-state index in [4.69, 9.17) is 0 Å². The second kappa shape index (κ2) is 6.20. The van der Waals surface area contributed by atoms with Crippen LogP contribution in [0.1, 0.15) is 69.9 Å². The molecule has 2 spiro atoms. The Morgan fingerprint density at radius 2 is 2.03 bits per heavy atom. The number of amides is 2. The third-order valence-electron chi connectivity index (χ3n) is 8.95. The van der Waals surface area contributed by atoms with Gasteiger partial charge in [-0.3, -0.25) is 9.59 Å². The second-order valence-corrected chi connectivity index (χ2v) is 11.2. The van der Waals surface area contributed by atoms with E-state index in [1.54, 1.807) is 17.0 Å². The molecule has 4 unspecified atom stereocenters. The smallest absolute Gasteiger partial charge is 0.252 e. The van der Waals surface area contributed by atoms with Gasteiger partial charge in [0.15, 0.2) is 5.54 Å². The number of aromatic hydroxyl groups is 1. The van der Waals surface area contributed by atoms with Gasteiger partial charge in [-0.1, -0.05) is 25.5 Å². The number of allylic oxidation sites excluding steroid dienone is 2. The van der Waals surface area contributed by atoms with Gasteiger partial charge in [-0.05, 0) is 51.7 Å². The highest BCUT2D eigenvalue weighted by molar-refractivity contribution is 6.06. The molecule has 4 aliphatic heterocycles. The van der Waals surface area contributed by atoms with Crippen LogP contribution < -0.4 is 5.32 Å². The van der Waals surface area contributed by atoms with Gasteiger partial charge in [-0.25, -0.2) is 0 Å². The van der Waals surface area contributed by atoms with Crippen molar-refractivity contribution in [1.82, 2.24) is 15.2 Å². The van der Waals surface area contributed by atoms with E-state index in [9.17, 15) is 19.8 Å². The summed E-state index contributed by atoms with van der Waals surface area (Å²) in [6.07, 6.45) is 3.48. The number of phenolic OH excluding ortho intramolecular Hbond substituents is 1. The lowest BCUT2D eigenvalue weighted by atomic mass is 9.50. The fraction of sp³-hybridized carbons (Fsp3) is 0.538. The summed E-state index contributed by atoms with van der Waals surface area (Å²) < 4.78 is 0. The lowest BCUT2D eigenvalue weighted by Gasteiger charge is -2.65. The van der Waals surface area contributed by atoms with Crippen LogP contribution in [0.25, 0.3) is 10.9 Å². The molecule has 2 aromatic rings. The van der Waals surface area contributed by atoms with E-state index in [1.165, 1.54) is 0 Å². The summed E-state index contributed by atoms with van der Waals surface area (Å²) in [6, 6.07) is 3.46. The van der Waals surface area contributed by atoms with Crippen molar-refractivity contribution in [3.8, 4) is 5.75 Å². The van der Waals surface area contributed by atoms with Crippen LogP contribution in [0.15, 0.2) is 23.8 Å². The number of piperidine rings is 2. The number of rotatable bonds is 2. The monoisotopic (exact) mass is 449 g/mol. The van der Waals surface area contributed by atoms with Crippen molar-refractivity contribution in [3.63, 3.8) is 0 Å². The minimum Gasteiger partial charge on any atom is -0.508 e. The van der Waals surface area contributed by atoms with Crippen LogP contribution in [0, 0.1) is 5.92 Å². The molecule has 0 radical (unpaired) electrons. The van der Waals surface area contributed by atoms with Crippen molar-refractivity contribution in [2.75, 3.05) is 6.54 Å². The van der Waals surface area contributed by atoms with E-state index >= 15 is 0 Å². The van der Waals surface area contributed by atoms with Crippen molar-refractivity contribution < 1.29 is 19.8 Å². The standard InChI is InChI=1S/C26H31N3O4/c1-13(2)6-7-14-16(30)9-8-15-18-20(27-19(14)15)24(3,4)17-12-25-10-5-11-29(25)23(33)26(17,21(18)31)28-22(25)32/h6,8-9,17,21,27,30-31H,5,7,10-12H2,1-4H3,(H,28,32). The van der Waals surface area contributed by atoms with Crippen molar-refractivity contribution >= 4 is 22.7 Å². The molecule has 5 aliphatic rings. The van der Waals surface area contributed by atoms with Crippen LogP contribution in [-0.4, -0.2) is 49.5 Å². The molecule has 1 aromatic carbocycles. The highest BCUT2D eigenvalue weighted by Gasteiger charge is 2.75. The van der Waals surface area contributed by atoms with Crippen LogP contribution in [0.3, 0.4) is 0 Å². The van der Waals surface area contributed by atoms with Gasteiger partial charge < -0.3 is 25.4 Å². The van der Waals surface area contributed by atoms with Gasteiger partial charge in [0.1, 0.15) is 17.4 Å². The number of nitrogens with zero attached hydrogens (tertiary/aromatic N) is 1. The second-order valence-electron chi connectivity index (χ2n) is 11.2. The number of hydrogen-bond acceptors (Lipinski definition) is 4. The summed E-state index contributed by atoms with van der Waals surface area (Å²) in [6.45, 7) is 8.81. The third kappa shape index (κ3) is 2.24. The average molecular weight is 450 g/mol. The molecule has 4 saturated heterocycles. The highest BCUT2D eigenvalue weighted by Crippen LogP contribution is 2.62. The molecule has 4 fully saturated rings. The first-order valence-corrected chi connectivity index (χ1v) is 11.9. The fourth-order valence-electron chi connectivity index (χ4n) is 7.27. The predicted octanol–water partition coefficient (Wildman–Crippen LogP) is 2.96. The molecule has 1 aliphatic carbocycles. The van der Waals surface area contributed by atoms with Crippen LogP contribution in [0.4, 0.5) is 0 Å². The Bertz CT molecular complexity index is 1270. The molecular formula is C26H31N3O4. The molecule has 5 heterocycles. The number of fused-ring (bicyclic) bond motifs is 4. The summed E-state index contributed by atoms with van der Waals surface area (Å²) in [7, 11) is 0. The number of hydrogen-bond donors (Lipinski definition) is 4. The molecule has 2 bridgehead atoms. The summed E-state index contributed by atoms with van der Waals surface area (Å²) in [4.78, 5) is 32.5. The Morgan fingerprint density at radius 1 is 1.27 bits per heavy atom. The average Bonchev–Trinajstić information content (AvgIpc) is 3.36. The highest BCUT2D eigenvalue weighted by atomic mass is 16.3. The molecule has 174 valence electrons. The summed E-state index contributed by atoms with van der Waals surface area (Å²) in [5, 5.41) is 26.4. The number of benzene rings is 1. The van der Waals surface area contributed by atoms with Crippen molar-refractivity contribution in [2.24, 2.45) is 5.92 Å². The zero-order valence-electron chi connectivity index (χ0n) is 19.6. The zero-order valence-corrected chi connectivity index (χ0v) is 19.6. The lowest BCUT2D eigenvalue weighted by Crippen LogP contribution is -2.85. The van der Waals surface area contributed by atoms with Gasteiger partial charge in [-0.2, -0.15) is 0 Å². The van der Waals surface area contributed by atoms with Crippen molar-refractivity contribution in [1.29, 1.82) is 0 Å². The molecule has 0 saturated carbocycles. The van der Waals surface area contributed by atoms with Crippen LogP contribution in [-0.2, 0) is 21.4 Å². The number of H-pyrrole nitrogens is 1. The molecule has 33 heavy (non-hydrogen) atoms. The molecule has 1 aromatic heterocycles. The van der Waals surface area contributed by atoms with Crippen LogP contribution >= 0.6 is 0 Å². The largest absolute Gasteiger partial charge is 0.508 e. The minimum absolute atomic E-state index is 0.129. The van der Waals surface area contributed by atoms with Gasteiger partial charge in [0.2, 0.25) is 5.91 Å². The first-order valence-electron chi connectivity index (χ1n) is 11.9. The Kier molecular flexibility index (Phi) is 3.90. The Labute approximate surface area is 192 Å². The van der Waals surface area contributed by atoms with Crippen molar-refractivity contribution in [3.05, 3.63) is 40.6 Å². The Balaban J connectivity index is 1.62. The summed E-state index contributed by atoms with van der Waals surface area (Å²) >= 11 is 0. The van der Waals surface area contributed by atoms with Gasteiger partial charge in [0.05, 0.1) is 5.52 Å². The summed E-state index contributed by atoms with van der Waals surface area (Å²) in [5.41, 5.74) is 1.59. The first kappa shape index (κ1) is 20.8. The number of carbonyl (C=O) groups is 2. The molecule has 7 nitrogen and oxygen atoms in total. The third-order valence-corrected chi connectivity index (χ3v) is 8.95. The normalized spacial score (nSPS) is 33.5. The summed E-state index contributed by atoms with van der Waals surface area (Å²) in [5.74, 6) is -0.322. The van der Waals surface area contributed by atoms with E-state index in [2.05, 4.69) is 30.2 Å². The topological polar surface area (TPSA) is 106 Å². The lowest BCUT2D eigenvalue weighted by molar-refractivity contribution is -0.191. The molecule has 7 heteroatoms. The minimum atomic E-state index is -1.37. The van der Waals surface area contributed by atoms with Crippen molar-refractivity contribution in [2.45, 2.75) is 76.0 Å². The number of nitrogens with one attached hydrogen (secondary N) is 2. The van der Waals surface area contributed by atoms with E-state index in [1.807, 2.05) is 13.8 Å². The molecule has 7 rings (SSSR count). The van der Waals surface area contributed by atoms with E-state index in [0.717, 1.165) is 34.2 Å². The number of aromatic amines is 1. The van der Waals surface area contributed by atoms with Gasteiger partial charge in [0, 0.05) is 40.1 Å². The number of aliphatic hydroxyl groups is 1. The zero-order chi connectivity index (χ0) is 23.5. The SMILES string of the molecule is CC(C)=CCc1c(O)ccc2c3c([nH]c12)C(C)(C)C1CC24CCCN2C(=O)C1(NC4=O)C3O. The number of aliphatic hydroxyl groups excluding tert-OH is 1. The predicted molar refractivity (Wildman–Crippen MR) is 124 cm³/mol. The molecular weight excluding hydrogens is 418 g/mol. The Hall–Kier alpha value is -2.80. The van der Waals surface area contributed by atoms with E-state index in [-0.39, 0.29) is 23.5 Å². The van der Waals surface area contributed by atoms with Crippen LogP contribution in [0.2, 0.25) is 0 Å². The first-order chi connectivity index (χ1) is 15.6. The number of phenols is 1. The Morgan fingerprint density at radius 3 is 2.76 bits per heavy atom.